The van der Waals surface area contributed by atoms with Gasteiger partial charge in [0, 0.05) is 18.6 Å². The van der Waals surface area contributed by atoms with Gasteiger partial charge in [0.1, 0.15) is 5.82 Å². The predicted molar refractivity (Wildman–Crippen MR) is 111 cm³/mol. The van der Waals surface area contributed by atoms with Crippen molar-refractivity contribution in [3.63, 3.8) is 0 Å². The highest BCUT2D eigenvalue weighted by atomic mass is 15.2. The van der Waals surface area contributed by atoms with Gasteiger partial charge in [0.05, 0.1) is 17.2 Å². The van der Waals surface area contributed by atoms with Crippen molar-refractivity contribution in [1.82, 2.24) is 15.3 Å². The van der Waals surface area contributed by atoms with Crippen LogP contribution in [0.3, 0.4) is 0 Å². The molecule has 1 saturated carbocycles. The molecule has 4 nitrogen and oxygen atoms in total. The molecule has 1 aromatic carbocycles. The van der Waals surface area contributed by atoms with Crippen LogP contribution in [0.5, 0.6) is 0 Å². The summed E-state index contributed by atoms with van der Waals surface area (Å²) >= 11 is 0. The monoisotopic (exact) mass is 354 g/mol. The Morgan fingerprint density at radius 3 is 2.19 bits per heavy atom. The number of anilines is 1. The fraction of sp³-hybridized carbons (Fsp3) is 0.636. The zero-order valence-electron chi connectivity index (χ0n) is 16.5. The Hall–Kier alpha value is -1.68. The van der Waals surface area contributed by atoms with E-state index in [-0.39, 0.29) is 0 Å². The van der Waals surface area contributed by atoms with Gasteiger partial charge in [0.15, 0.2) is 0 Å². The van der Waals surface area contributed by atoms with Gasteiger partial charge in [-0.2, -0.15) is 0 Å². The Labute approximate surface area is 158 Å². The van der Waals surface area contributed by atoms with Crippen molar-refractivity contribution in [2.45, 2.75) is 70.8 Å². The van der Waals surface area contributed by atoms with Crippen molar-refractivity contribution >= 4 is 16.9 Å². The highest BCUT2D eigenvalue weighted by molar-refractivity contribution is 5.75. The lowest BCUT2D eigenvalue weighted by Gasteiger charge is -2.40. The molecule has 0 amide bonds. The van der Waals surface area contributed by atoms with Gasteiger partial charge in [0.25, 0.3) is 0 Å². The molecule has 3 aliphatic rings. The normalized spacial score (nSPS) is 20.2. The van der Waals surface area contributed by atoms with Crippen molar-refractivity contribution in [1.29, 1.82) is 0 Å². The van der Waals surface area contributed by atoms with Gasteiger partial charge in [-0.25, -0.2) is 4.98 Å². The summed E-state index contributed by atoms with van der Waals surface area (Å²) in [7, 11) is 0. The van der Waals surface area contributed by atoms with E-state index < -0.39 is 0 Å². The molecule has 26 heavy (non-hydrogen) atoms. The van der Waals surface area contributed by atoms with E-state index in [0.717, 1.165) is 29.9 Å². The van der Waals surface area contributed by atoms with Crippen LogP contribution < -0.4 is 10.2 Å². The lowest BCUT2D eigenvalue weighted by atomic mass is 9.86. The molecule has 0 bridgehead atoms. The highest BCUT2D eigenvalue weighted by Crippen LogP contribution is 2.32. The van der Waals surface area contributed by atoms with Gasteiger partial charge >= 0.3 is 0 Å². The Bertz CT molecular complexity index is 664. The van der Waals surface area contributed by atoms with E-state index in [2.05, 4.69) is 29.0 Å². The number of nitrogens with one attached hydrogen (secondary N) is 1. The molecule has 3 heterocycles. The fourth-order valence-electron chi connectivity index (χ4n) is 3.56. The van der Waals surface area contributed by atoms with Crippen molar-refractivity contribution < 1.29 is 0 Å². The number of rotatable bonds is 1. The molecule has 0 unspecified atom stereocenters. The minimum Gasteiger partial charge on any atom is -0.355 e. The van der Waals surface area contributed by atoms with Crippen LogP contribution in [0.15, 0.2) is 30.5 Å². The first-order valence-electron chi connectivity index (χ1n) is 10.5. The van der Waals surface area contributed by atoms with Gasteiger partial charge in [-0.05, 0) is 44.4 Å². The minimum absolute atomic E-state index is 0.417. The molecular weight excluding hydrogens is 320 g/mol. The number of hydrogen-bond donors (Lipinski definition) is 1. The maximum atomic E-state index is 4.76. The highest BCUT2D eigenvalue weighted by Gasteiger charge is 2.36. The van der Waals surface area contributed by atoms with Crippen LogP contribution in [0.25, 0.3) is 11.0 Å². The summed E-state index contributed by atoms with van der Waals surface area (Å²) in [6.07, 6.45) is 12.8. The van der Waals surface area contributed by atoms with Crippen LogP contribution in [-0.2, 0) is 0 Å². The lowest BCUT2D eigenvalue weighted by Crippen LogP contribution is -2.50. The van der Waals surface area contributed by atoms with Gasteiger partial charge in [0.2, 0.25) is 0 Å². The molecule has 5 rings (SSSR count). The molecule has 0 atom stereocenters. The maximum absolute atomic E-state index is 4.76. The Balaban J connectivity index is 0.000000284. The topological polar surface area (TPSA) is 41.1 Å². The van der Waals surface area contributed by atoms with E-state index in [4.69, 9.17) is 4.98 Å². The molecule has 4 heteroatoms. The van der Waals surface area contributed by atoms with Crippen LogP contribution in [-0.4, -0.2) is 35.1 Å². The molecular formula is C22H34N4. The second-order valence-electron chi connectivity index (χ2n) is 7.78. The summed E-state index contributed by atoms with van der Waals surface area (Å²) in [6.45, 7) is 7.61. The number of nitrogens with zero attached hydrogens (tertiary/aromatic N) is 3. The van der Waals surface area contributed by atoms with E-state index in [1.54, 1.807) is 0 Å². The molecule has 1 N–H and O–H groups in total. The number of aromatic nitrogens is 2. The summed E-state index contributed by atoms with van der Waals surface area (Å²) in [5, 5.41) is 3.71. The van der Waals surface area contributed by atoms with Gasteiger partial charge < -0.3 is 10.2 Å². The Morgan fingerprint density at radius 2 is 1.62 bits per heavy atom. The average molecular weight is 355 g/mol. The van der Waals surface area contributed by atoms with Crippen LogP contribution in [0, 0.1) is 0 Å². The van der Waals surface area contributed by atoms with Gasteiger partial charge in [-0.15, -0.1) is 0 Å². The van der Waals surface area contributed by atoms with Gasteiger partial charge in [-0.3, -0.25) is 4.98 Å². The van der Waals surface area contributed by atoms with E-state index in [0.29, 0.717) is 5.54 Å². The largest absolute Gasteiger partial charge is 0.355 e. The van der Waals surface area contributed by atoms with E-state index >= 15 is 0 Å². The first-order valence-corrected chi connectivity index (χ1v) is 10.5. The van der Waals surface area contributed by atoms with Crippen LogP contribution in [0.2, 0.25) is 0 Å². The Morgan fingerprint density at radius 1 is 0.962 bits per heavy atom. The number of fused-ring (bicyclic) bond motifs is 1. The quantitative estimate of drug-likeness (QED) is 0.787. The zero-order valence-corrected chi connectivity index (χ0v) is 16.5. The zero-order chi connectivity index (χ0) is 18.2. The SMILES string of the molecule is C1CC1.CCC.c1ccc2nc(N3CCC4(CCCN4)CC3)cnc2c1. The number of hydrogen-bond acceptors (Lipinski definition) is 4. The second kappa shape index (κ2) is 9.31. The van der Waals surface area contributed by atoms with Crippen LogP contribution >= 0.6 is 0 Å². The van der Waals surface area contributed by atoms with E-state index in [1.807, 2.05) is 30.5 Å². The molecule has 2 saturated heterocycles. The fourth-order valence-corrected chi connectivity index (χ4v) is 3.56. The smallest absolute Gasteiger partial charge is 0.147 e. The summed E-state index contributed by atoms with van der Waals surface area (Å²) < 4.78 is 0. The average Bonchev–Trinajstić information content (AvgIpc) is 3.51. The first-order chi connectivity index (χ1) is 12.8. The third-order valence-corrected chi connectivity index (χ3v) is 5.17. The lowest BCUT2D eigenvalue weighted by molar-refractivity contribution is 0.296. The standard InChI is InChI=1S/C16H20N4.C3H6.C3H8/c1-2-5-14-13(4-1)17-12-15(19-14)20-10-7-16(8-11-20)6-3-9-18-16;1-2-3-1;1-3-2/h1-2,4-5,12,18H,3,6-11H2;1-3H2;3H2,1-2H3. The molecule has 1 aromatic heterocycles. The van der Waals surface area contributed by atoms with Crippen molar-refractivity contribution in [3.05, 3.63) is 30.5 Å². The molecule has 0 radical (unpaired) electrons. The third kappa shape index (κ3) is 5.16. The molecule has 2 aromatic rings. The second-order valence-corrected chi connectivity index (χ2v) is 7.78. The van der Waals surface area contributed by atoms with Crippen molar-refractivity contribution in [2.24, 2.45) is 0 Å². The van der Waals surface area contributed by atoms with E-state index in [1.165, 1.54) is 57.9 Å². The summed E-state index contributed by atoms with van der Waals surface area (Å²) in [5.74, 6) is 1.02. The molecule has 1 aliphatic carbocycles. The Kier molecular flexibility index (Phi) is 6.84. The first kappa shape index (κ1) is 19.1. The molecule has 3 fully saturated rings. The van der Waals surface area contributed by atoms with Crippen LogP contribution in [0.4, 0.5) is 5.82 Å². The summed E-state index contributed by atoms with van der Waals surface area (Å²) in [4.78, 5) is 11.7. The molecule has 2 aliphatic heterocycles. The summed E-state index contributed by atoms with van der Waals surface area (Å²) in [5.41, 5.74) is 2.38. The van der Waals surface area contributed by atoms with E-state index in [9.17, 15) is 0 Å². The molecule has 142 valence electrons. The molecule has 1 spiro atoms. The summed E-state index contributed by atoms with van der Waals surface area (Å²) in [6, 6.07) is 8.08. The predicted octanol–water partition coefficient (Wildman–Crippen LogP) is 4.94. The number of benzene rings is 1. The van der Waals surface area contributed by atoms with Crippen molar-refractivity contribution in [2.75, 3.05) is 24.5 Å². The van der Waals surface area contributed by atoms with Gasteiger partial charge in [-0.1, -0.05) is 51.7 Å². The minimum atomic E-state index is 0.417. The van der Waals surface area contributed by atoms with Crippen molar-refractivity contribution in [3.8, 4) is 0 Å². The number of para-hydroxylation sites is 2. The van der Waals surface area contributed by atoms with Crippen LogP contribution in [0.1, 0.15) is 65.2 Å². The number of piperidine rings is 1. The maximum Gasteiger partial charge on any atom is 0.147 e. The third-order valence-electron chi connectivity index (χ3n) is 5.17.